The van der Waals surface area contributed by atoms with E-state index in [2.05, 4.69) is 15.5 Å². The van der Waals surface area contributed by atoms with Crippen molar-refractivity contribution < 1.29 is 14.7 Å². The number of hydrogen-bond acceptors (Lipinski definition) is 7. The molecule has 116 valence electrons. The Hall–Kier alpha value is -2.75. The van der Waals surface area contributed by atoms with Crippen molar-refractivity contribution in [3.05, 3.63) is 29.0 Å². The van der Waals surface area contributed by atoms with E-state index in [1.807, 2.05) is 0 Å². The van der Waals surface area contributed by atoms with Crippen LogP contribution in [0.5, 0.6) is 0 Å². The predicted octanol–water partition coefficient (Wildman–Crippen LogP) is -1.25. The number of nitrogens with two attached hydrogens (primary N) is 1. The van der Waals surface area contributed by atoms with E-state index in [-0.39, 0.29) is 11.3 Å². The lowest BCUT2D eigenvalue weighted by Gasteiger charge is -2.31. The molecule has 0 fully saturated rings. The Kier molecular flexibility index (Phi) is 4.51. The summed E-state index contributed by atoms with van der Waals surface area (Å²) in [6, 6.07) is 5.67. The molecule has 0 spiro atoms. The van der Waals surface area contributed by atoms with E-state index in [1.54, 1.807) is 24.3 Å². The molecule has 2 rings (SSSR count). The number of hydrogen-bond donors (Lipinski definition) is 2. The molecule has 1 aromatic heterocycles. The van der Waals surface area contributed by atoms with Gasteiger partial charge < -0.3 is 20.5 Å². The molecule has 0 saturated heterocycles. The first kappa shape index (κ1) is 15.6. The number of aliphatic carboxylic acids is 1. The number of carbonyl (C=O) groups is 2. The summed E-state index contributed by atoms with van der Waals surface area (Å²) in [5.41, 5.74) is 6.25. The van der Waals surface area contributed by atoms with Crippen LogP contribution >= 0.6 is 12.2 Å². The molecule has 0 radical (unpaired) electrons. The van der Waals surface area contributed by atoms with Crippen LogP contribution in [0.3, 0.4) is 0 Å². The van der Waals surface area contributed by atoms with Gasteiger partial charge in [0.05, 0.1) is 24.2 Å². The number of rotatable bonds is 6. The molecule has 1 aromatic carbocycles. The molecule has 1 amide bonds. The van der Waals surface area contributed by atoms with E-state index >= 15 is 0 Å². The lowest BCUT2D eigenvalue weighted by molar-refractivity contribution is -0.307. The number of anilines is 1. The zero-order valence-corrected chi connectivity index (χ0v) is 12.4. The highest BCUT2D eigenvalue weighted by Gasteiger charge is 2.18. The van der Waals surface area contributed by atoms with Crippen molar-refractivity contribution in [2.45, 2.75) is 13.0 Å². The molecule has 1 atom stereocenters. The van der Waals surface area contributed by atoms with Crippen LogP contribution in [0.15, 0.2) is 24.3 Å². The van der Waals surface area contributed by atoms with E-state index in [1.165, 1.54) is 16.5 Å². The molecule has 0 bridgehead atoms. The van der Waals surface area contributed by atoms with Crippen LogP contribution in [0.4, 0.5) is 5.69 Å². The Balaban J connectivity index is 2.44. The molecule has 10 heteroatoms. The monoisotopic (exact) mass is 321 g/mol. The smallest absolute Gasteiger partial charge is 0.242 e. The molecule has 0 aliphatic carbocycles. The Morgan fingerprint density at radius 3 is 2.82 bits per heavy atom. The van der Waals surface area contributed by atoms with E-state index in [0.717, 1.165) is 0 Å². The summed E-state index contributed by atoms with van der Waals surface area (Å²) < 4.78 is 1.65. The maximum absolute atomic E-state index is 11.2. The minimum Gasteiger partial charge on any atom is -0.548 e. The van der Waals surface area contributed by atoms with E-state index < -0.39 is 17.9 Å². The number of primary amides is 1. The van der Waals surface area contributed by atoms with Gasteiger partial charge in [-0.25, -0.2) is 4.68 Å². The fourth-order valence-electron chi connectivity index (χ4n) is 1.92. The quantitative estimate of drug-likeness (QED) is 0.635. The van der Waals surface area contributed by atoms with Gasteiger partial charge in [-0.3, -0.25) is 4.79 Å². The summed E-state index contributed by atoms with van der Waals surface area (Å²) in [6.45, 7) is 1.15. The lowest BCUT2D eigenvalue weighted by atomic mass is 10.2. The van der Waals surface area contributed by atoms with Crippen molar-refractivity contribution in [3.8, 4) is 5.69 Å². The van der Waals surface area contributed by atoms with Gasteiger partial charge in [0.2, 0.25) is 10.7 Å². The fourth-order valence-corrected chi connectivity index (χ4v) is 2.11. The second-order valence-electron chi connectivity index (χ2n) is 4.53. The van der Waals surface area contributed by atoms with Crippen LogP contribution < -0.4 is 15.7 Å². The van der Waals surface area contributed by atoms with E-state index in [4.69, 9.17) is 18.0 Å². The Labute approximate surface area is 130 Å². The van der Waals surface area contributed by atoms with Crippen molar-refractivity contribution in [1.29, 1.82) is 0 Å². The highest BCUT2D eigenvalue weighted by Crippen LogP contribution is 2.20. The molecule has 9 nitrogen and oxygen atoms in total. The van der Waals surface area contributed by atoms with Gasteiger partial charge in [-0.05, 0) is 37.3 Å². The summed E-state index contributed by atoms with van der Waals surface area (Å²) in [5.74, 6) is -1.97. The molecule has 1 heterocycles. The van der Waals surface area contributed by atoms with Gasteiger partial charge in [-0.2, -0.15) is 5.21 Å². The highest BCUT2D eigenvalue weighted by molar-refractivity contribution is 7.71. The maximum Gasteiger partial charge on any atom is 0.242 e. The van der Waals surface area contributed by atoms with Crippen LogP contribution in [0.1, 0.15) is 6.92 Å². The number of H-pyrrole nitrogens is 1. The first-order chi connectivity index (χ1) is 10.4. The van der Waals surface area contributed by atoms with Crippen LogP contribution in [0, 0.1) is 4.77 Å². The summed E-state index contributed by atoms with van der Waals surface area (Å²) in [7, 11) is 0. The molecular weight excluding hydrogens is 308 g/mol. The molecule has 1 unspecified atom stereocenters. The van der Waals surface area contributed by atoms with Gasteiger partial charge in [0.25, 0.3) is 0 Å². The molecule has 0 aliphatic rings. The zero-order valence-electron chi connectivity index (χ0n) is 11.6. The van der Waals surface area contributed by atoms with Crippen molar-refractivity contribution in [2.75, 3.05) is 11.4 Å². The van der Waals surface area contributed by atoms with Crippen LogP contribution in [-0.4, -0.2) is 44.7 Å². The molecular formula is C12H13N6O3S-. The second-order valence-corrected chi connectivity index (χ2v) is 4.89. The SMILES string of the molecule is CC(C(=O)[O-])N(CC(N)=O)c1cccc(-n2[nH]nnc2=S)c1. The number of carbonyl (C=O) groups excluding carboxylic acids is 2. The van der Waals surface area contributed by atoms with Gasteiger partial charge in [0, 0.05) is 5.69 Å². The van der Waals surface area contributed by atoms with Gasteiger partial charge in [0.1, 0.15) is 0 Å². The largest absolute Gasteiger partial charge is 0.548 e. The standard InChI is InChI=1S/C12H14N6O3S/c1-7(11(20)21)17(6-10(13)19)8-3-2-4-9(5-8)18-12(22)14-15-16-18/h2-5,7H,6H2,1H3,(H2,13,19)(H,20,21)(H,14,16,22)/p-1. The van der Waals surface area contributed by atoms with Crippen LogP contribution in [0.25, 0.3) is 5.69 Å². The minimum atomic E-state index is -1.31. The number of carboxylic acid groups (broad SMARTS) is 1. The Morgan fingerprint density at radius 2 is 2.27 bits per heavy atom. The molecule has 0 saturated carbocycles. The van der Waals surface area contributed by atoms with Gasteiger partial charge in [-0.15, -0.1) is 0 Å². The Bertz CT molecular complexity index is 755. The van der Waals surface area contributed by atoms with Crippen molar-refractivity contribution in [3.63, 3.8) is 0 Å². The van der Waals surface area contributed by atoms with Gasteiger partial charge in [0.15, 0.2) is 0 Å². The number of carboxylic acids is 1. The summed E-state index contributed by atoms with van der Waals surface area (Å²) in [5, 5.41) is 20.9. The molecule has 2 aromatic rings. The van der Waals surface area contributed by atoms with E-state index in [9.17, 15) is 14.7 Å². The topological polar surface area (TPSA) is 133 Å². The normalized spacial score (nSPS) is 11.9. The summed E-state index contributed by atoms with van der Waals surface area (Å²) >= 11 is 5.01. The molecule has 22 heavy (non-hydrogen) atoms. The number of amides is 1. The molecule has 0 aliphatic heterocycles. The first-order valence-corrected chi connectivity index (χ1v) is 6.67. The van der Waals surface area contributed by atoms with Gasteiger partial charge >= 0.3 is 0 Å². The number of tetrazole rings is 1. The average molecular weight is 321 g/mol. The second kappa shape index (κ2) is 6.35. The summed E-state index contributed by atoms with van der Waals surface area (Å²) in [4.78, 5) is 23.6. The van der Waals surface area contributed by atoms with E-state index in [0.29, 0.717) is 11.4 Å². The fraction of sp³-hybridized carbons (Fsp3) is 0.250. The van der Waals surface area contributed by atoms with Crippen LogP contribution in [0.2, 0.25) is 0 Å². The Morgan fingerprint density at radius 1 is 1.55 bits per heavy atom. The zero-order chi connectivity index (χ0) is 16.3. The number of aromatic amines is 1. The predicted molar refractivity (Wildman–Crippen MR) is 77.6 cm³/mol. The average Bonchev–Trinajstić information content (AvgIpc) is 2.90. The third-order valence-electron chi connectivity index (χ3n) is 3.03. The number of nitrogens with zero attached hydrogens (tertiary/aromatic N) is 4. The van der Waals surface area contributed by atoms with Crippen LogP contribution in [-0.2, 0) is 9.59 Å². The van der Waals surface area contributed by atoms with Crippen molar-refractivity contribution in [2.24, 2.45) is 5.73 Å². The van der Waals surface area contributed by atoms with Crippen molar-refractivity contribution in [1.82, 2.24) is 20.2 Å². The lowest BCUT2D eigenvalue weighted by Crippen LogP contribution is -2.49. The maximum atomic E-state index is 11.2. The molecule has 3 N–H and O–H groups in total. The number of aromatic nitrogens is 4. The first-order valence-electron chi connectivity index (χ1n) is 6.26. The van der Waals surface area contributed by atoms with Gasteiger partial charge in [-0.1, -0.05) is 16.4 Å². The number of benzene rings is 1. The minimum absolute atomic E-state index is 0.214. The number of nitrogens with one attached hydrogen (secondary N) is 1. The highest BCUT2D eigenvalue weighted by atomic mass is 32.1. The van der Waals surface area contributed by atoms with Crippen molar-refractivity contribution >= 4 is 29.8 Å². The summed E-state index contributed by atoms with van der Waals surface area (Å²) in [6.07, 6.45) is 0. The third kappa shape index (κ3) is 3.28. The third-order valence-corrected chi connectivity index (χ3v) is 3.29.